The van der Waals surface area contributed by atoms with E-state index in [4.69, 9.17) is 16.3 Å². The van der Waals surface area contributed by atoms with Crippen molar-refractivity contribution in [2.24, 2.45) is 5.92 Å². The van der Waals surface area contributed by atoms with Gasteiger partial charge in [-0.2, -0.15) is 0 Å². The van der Waals surface area contributed by atoms with Crippen LogP contribution in [0, 0.1) is 5.92 Å². The Morgan fingerprint density at radius 1 is 1.20 bits per heavy atom. The summed E-state index contributed by atoms with van der Waals surface area (Å²) < 4.78 is 5.16. The van der Waals surface area contributed by atoms with Gasteiger partial charge in [0.1, 0.15) is 5.75 Å². The summed E-state index contributed by atoms with van der Waals surface area (Å²) >= 11 is 5.88. The molecule has 1 fully saturated rings. The van der Waals surface area contributed by atoms with Crippen LogP contribution in [0.5, 0.6) is 5.75 Å². The van der Waals surface area contributed by atoms with Crippen molar-refractivity contribution in [3.05, 3.63) is 64.7 Å². The van der Waals surface area contributed by atoms with Crippen LogP contribution in [0.2, 0.25) is 5.02 Å². The molecule has 0 amide bonds. The zero-order chi connectivity index (χ0) is 14.1. The number of Topliss-reactive ketones (excluding diaryl/α,β-unsaturated/α-hetero) is 1. The van der Waals surface area contributed by atoms with E-state index < -0.39 is 0 Å². The second-order valence-corrected chi connectivity index (χ2v) is 5.53. The van der Waals surface area contributed by atoms with E-state index in [2.05, 4.69) is 0 Å². The summed E-state index contributed by atoms with van der Waals surface area (Å²) in [6.07, 6.45) is 0.914. The van der Waals surface area contributed by atoms with Gasteiger partial charge in [0.2, 0.25) is 0 Å². The third kappa shape index (κ3) is 2.56. The first-order chi connectivity index (χ1) is 9.69. The van der Waals surface area contributed by atoms with Gasteiger partial charge in [-0.3, -0.25) is 4.79 Å². The normalized spacial score (nSPS) is 20.5. The molecular formula is C17H15ClO2. The van der Waals surface area contributed by atoms with Crippen molar-refractivity contribution in [3.63, 3.8) is 0 Å². The van der Waals surface area contributed by atoms with Crippen LogP contribution in [-0.2, 0) is 0 Å². The van der Waals surface area contributed by atoms with Gasteiger partial charge in [-0.15, -0.1) is 0 Å². The lowest BCUT2D eigenvalue weighted by atomic mass is 10.0. The van der Waals surface area contributed by atoms with E-state index in [0.717, 1.165) is 22.8 Å². The number of ether oxygens (including phenoxy) is 1. The Labute approximate surface area is 123 Å². The van der Waals surface area contributed by atoms with Crippen molar-refractivity contribution in [2.75, 3.05) is 7.11 Å². The monoisotopic (exact) mass is 286 g/mol. The topological polar surface area (TPSA) is 26.3 Å². The zero-order valence-corrected chi connectivity index (χ0v) is 11.9. The van der Waals surface area contributed by atoms with Gasteiger partial charge >= 0.3 is 0 Å². The standard InChI is InChI=1S/C17H15ClO2/c1-20-14-4-2-3-12(9-14)17(19)16-10-15(16)11-5-7-13(18)8-6-11/h2-9,15-16H,10H2,1H3. The van der Waals surface area contributed by atoms with Gasteiger partial charge in [0.05, 0.1) is 7.11 Å². The van der Waals surface area contributed by atoms with Gasteiger partial charge in [0.25, 0.3) is 0 Å². The van der Waals surface area contributed by atoms with Gasteiger partial charge in [-0.05, 0) is 42.2 Å². The minimum atomic E-state index is 0.0864. The molecule has 0 aliphatic heterocycles. The minimum absolute atomic E-state index is 0.0864. The highest BCUT2D eigenvalue weighted by Gasteiger charge is 2.43. The van der Waals surface area contributed by atoms with Crippen molar-refractivity contribution in [1.82, 2.24) is 0 Å². The van der Waals surface area contributed by atoms with Crippen molar-refractivity contribution < 1.29 is 9.53 Å². The van der Waals surface area contributed by atoms with Crippen LogP contribution in [0.15, 0.2) is 48.5 Å². The summed E-state index contributed by atoms with van der Waals surface area (Å²) in [7, 11) is 1.61. The summed E-state index contributed by atoms with van der Waals surface area (Å²) in [5, 5.41) is 0.727. The van der Waals surface area contributed by atoms with Crippen molar-refractivity contribution in [2.45, 2.75) is 12.3 Å². The number of ketones is 1. The molecule has 0 aromatic heterocycles. The Bertz CT molecular complexity index is 634. The lowest BCUT2D eigenvalue weighted by Crippen LogP contribution is -2.03. The molecule has 0 spiro atoms. The number of halogens is 1. The maximum atomic E-state index is 12.4. The van der Waals surface area contributed by atoms with Crippen LogP contribution < -0.4 is 4.74 Å². The van der Waals surface area contributed by atoms with E-state index in [9.17, 15) is 4.79 Å². The summed E-state index contributed by atoms with van der Waals surface area (Å²) in [6.45, 7) is 0. The molecule has 0 heterocycles. The average Bonchev–Trinajstić information content (AvgIpc) is 3.28. The first-order valence-corrected chi connectivity index (χ1v) is 7.00. The molecule has 3 rings (SSSR count). The maximum absolute atomic E-state index is 12.4. The molecule has 2 unspecified atom stereocenters. The Kier molecular flexibility index (Phi) is 3.49. The second-order valence-electron chi connectivity index (χ2n) is 5.10. The molecule has 2 aromatic carbocycles. The van der Waals surface area contributed by atoms with Crippen LogP contribution in [0.4, 0.5) is 0 Å². The molecule has 1 aliphatic rings. The molecule has 1 aliphatic carbocycles. The van der Waals surface area contributed by atoms with Gasteiger partial charge in [0, 0.05) is 16.5 Å². The van der Waals surface area contributed by atoms with Crippen molar-refractivity contribution in [1.29, 1.82) is 0 Å². The number of carbonyl (C=O) groups is 1. The molecule has 102 valence electrons. The molecule has 0 radical (unpaired) electrons. The predicted molar refractivity (Wildman–Crippen MR) is 79.6 cm³/mol. The molecule has 2 atom stereocenters. The highest BCUT2D eigenvalue weighted by atomic mass is 35.5. The first-order valence-electron chi connectivity index (χ1n) is 6.63. The van der Waals surface area contributed by atoms with Crippen molar-refractivity contribution >= 4 is 17.4 Å². The van der Waals surface area contributed by atoms with Crippen LogP contribution in [-0.4, -0.2) is 12.9 Å². The summed E-state index contributed by atoms with van der Waals surface area (Å²) in [6, 6.07) is 15.1. The average molecular weight is 287 g/mol. The summed E-state index contributed by atoms with van der Waals surface area (Å²) in [4.78, 5) is 12.4. The van der Waals surface area contributed by atoms with Crippen LogP contribution >= 0.6 is 11.6 Å². The lowest BCUT2D eigenvalue weighted by Gasteiger charge is -2.04. The highest BCUT2D eigenvalue weighted by molar-refractivity contribution is 6.30. The number of hydrogen-bond acceptors (Lipinski definition) is 2. The van der Waals surface area contributed by atoms with Gasteiger partial charge in [-0.1, -0.05) is 35.9 Å². The van der Waals surface area contributed by atoms with Gasteiger partial charge in [-0.25, -0.2) is 0 Å². The van der Waals surface area contributed by atoms with Crippen LogP contribution in [0.25, 0.3) is 0 Å². The molecule has 3 heteroatoms. The summed E-state index contributed by atoms with van der Waals surface area (Å²) in [5.41, 5.74) is 1.92. The van der Waals surface area contributed by atoms with Gasteiger partial charge < -0.3 is 4.74 Å². The fourth-order valence-corrected chi connectivity index (χ4v) is 2.68. The molecule has 0 bridgehead atoms. The Morgan fingerprint density at radius 2 is 1.95 bits per heavy atom. The van der Waals surface area contributed by atoms with E-state index in [1.54, 1.807) is 13.2 Å². The Balaban J connectivity index is 1.75. The fraction of sp³-hybridized carbons (Fsp3) is 0.235. The molecule has 0 saturated heterocycles. The number of rotatable bonds is 4. The molecule has 2 aromatic rings. The van der Waals surface area contributed by atoms with E-state index >= 15 is 0 Å². The van der Waals surface area contributed by atoms with E-state index in [-0.39, 0.29) is 11.7 Å². The quantitative estimate of drug-likeness (QED) is 0.782. The molecule has 0 N–H and O–H groups in total. The third-order valence-corrected chi connectivity index (χ3v) is 4.03. The first kappa shape index (κ1) is 13.2. The van der Waals surface area contributed by atoms with Gasteiger partial charge in [0.15, 0.2) is 5.78 Å². The molecular weight excluding hydrogens is 272 g/mol. The largest absolute Gasteiger partial charge is 0.497 e. The number of methoxy groups -OCH3 is 1. The van der Waals surface area contributed by atoms with E-state index in [1.807, 2.05) is 42.5 Å². The Hall–Kier alpha value is -1.80. The highest BCUT2D eigenvalue weighted by Crippen LogP contribution is 2.49. The number of benzene rings is 2. The number of carbonyl (C=O) groups excluding carboxylic acids is 1. The minimum Gasteiger partial charge on any atom is -0.497 e. The van der Waals surface area contributed by atoms with Crippen LogP contribution in [0.1, 0.15) is 28.3 Å². The second kappa shape index (κ2) is 5.29. The zero-order valence-electron chi connectivity index (χ0n) is 11.2. The van der Waals surface area contributed by atoms with Crippen molar-refractivity contribution in [3.8, 4) is 5.75 Å². The summed E-state index contributed by atoms with van der Waals surface area (Å²) in [5.74, 6) is 1.33. The SMILES string of the molecule is COc1cccc(C(=O)C2CC2c2ccc(Cl)cc2)c1. The van der Waals surface area contributed by atoms with Crippen LogP contribution in [0.3, 0.4) is 0 Å². The lowest BCUT2D eigenvalue weighted by molar-refractivity contribution is 0.0965. The molecule has 2 nitrogen and oxygen atoms in total. The molecule has 1 saturated carbocycles. The van der Waals surface area contributed by atoms with E-state index in [1.165, 1.54) is 5.56 Å². The predicted octanol–water partition coefficient (Wildman–Crippen LogP) is 4.34. The third-order valence-electron chi connectivity index (χ3n) is 3.78. The maximum Gasteiger partial charge on any atom is 0.166 e. The van der Waals surface area contributed by atoms with E-state index in [0.29, 0.717) is 5.92 Å². The smallest absolute Gasteiger partial charge is 0.166 e. The number of hydrogen-bond donors (Lipinski definition) is 0. The molecule has 20 heavy (non-hydrogen) atoms. The Morgan fingerprint density at radius 3 is 2.65 bits per heavy atom. The fourth-order valence-electron chi connectivity index (χ4n) is 2.55.